The summed E-state index contributed by atoms with van der Waals surface area (Å²) in [6.45, 7) is 1.98. The van der Waals surface area contributed by atoms with Gasteiger partial charge in [0.1, 0.15) is 11.6 Å². The molecule has 0 aliphatic carbocycles. The number of carbonyl (C=O) groups is 1. The number of hydrogen-bond donors (Lipinski definition) is 1. The van der Waals surface area contributed by atoms with Crippen LogP contribution in [-0.2, 0) is 4.74 Å². The summed E-state index contributed by atoms with van der Waals surface area (Å²) in [5.41, 5.74) is 0. The van der Waals surface area contributed by atoms with Crippen molar-refractivity contribution in [2.24, 2.45) is 0 Å². The van der Waals surface area contributed by atoms with E-state index in [1.165, 1.54) is 12.1 Å². The Hall–Kier alpha value is -1.65. The number of hydrogen-bond acceptors (Lipinski definition) is 3. The molecule has 70 valence electrons. The van der Waals surface area contributed by atoms with Crippen molar-refractivity contribution in [2.45, 2.75) is 6.92 Å². The van der Waals surface area contributed by atoms with Gasteiger partial charge in [0.25, 0.3) is 0 Å². The maximum Gasteiger partial charge on any atom is 0.412 e. The summed E-state index contributed by atoms with van der Waals surface area (Å²) in [4.78, 5) is 14.4. The van der Waals surface area contributed by atoms with E-state index >= 15 is 0 Å². The summed E-state index contributed by atoms with van der Waals surface area (Å²) in [5.74, 6) is -0.186. The first-order valence-corrected chi connectivity index (χ1v) is 3.77. The predicted octanol–water partition coefficient (Wildman–Crippen LogP) is 1.79. The van der Waals surface area contributed by atoms with Crippen LogP contribution in [-0.4, -0.2) is 17.7 Å². The minimum atomic E-state index is -0.596. The van der Waals surface area contributed by atoms with Gasteiger partial charge in [-0.3, -0.25) is 5.32 Å². The van der Waals surface area contributed by atoms with Gasteiger partial charge in [-0.2, -0.15) is 0 Å². The highest BCUT2D eigenvalue weighted by Crippen LogP contribution is 2.03. The smallest absolute Gasteiger partial charge is 0.412 e. The molecule has 0 spiro atoms. The van der Waals surface area contributed by atoms with Crippen LogP contribution in [0.15, 0.2) is 18.3 Å². The maximum atomic E-state index is 12.4. The Kier molecular flexibility index (Phi) is 3.19. The van der Waals surface area contributed by atoms with Gasteiger partial charge in [-0.05, 0) is 19.1 Å². The lowest BCUT2D eigenvalue weighted by Crippen LogP contribution is -2.14. The third-order valence-corrected chi connectivity index (χ3v) is 1.23. The van der Waals surface area contributed by atoms with E-state index in [2.05, 4.69) is 15.0 Å². The number of ether oxygens (including phenoxy) is 1. The zero-order chi connectivity index (χ0) is 9.68. The number of rotatable bonds is 2. The van der Waals surface area contributed by atoms with Crippen LogP contribution in [0.5, 0.6) is 0 Å². The van der Waals surface area contributed by atoms with E-state index in [1.807, 2.05) is 0 Å². The van der Waals surface area contributed by atoms with Crippen LogP contribution in [0.4, 0.5) is 15.0 Å². The molecule has 0 saturated carbocycles. The van der Waals surface area contributed by atoms with Crippen LogP contribution < -0.4 is 5.32 Å². The number of anilines is 1. The number of amides is 1. The molecule has 0 aromatic carbocycles. The normalized spacial score (nSPS) is 9.38. The second kappa shape index (κ2) is 4.39. The average molecular weight is 184 g/mol. The fourth-order valence-electron chi connectivity index (χ4n) is 0.722. The van der Waals surface area contributed by atoms with Gasteiger partial charge in [0.2, 0.25) is 0 Å². The van der Waals surface area contributed by atoms with Gasteiger partial charge in [0.05, 0.1) is 12.8 Å². The molecule has 1 amide bonds. The van der Waals surface area contributed by atoms with Crippen molar-refractivity contribution in [2.75, 3.05) is 11.9 Å². The van der Waals surface area contributed by atoms with Gasteiger partial charge in [-0.1, -0.05) is 0 Å². The molecule has 0 bridgehead atoms. The summed E-state index contributed by atoms with van der Waals surface area (Å²) >= 11 is 0. The molecule has 0 fully saturated rings. The van der Waals surface area contributed by atoms with Crippen LogP contribution in [0.1, 0.15) is 6.92 Å². The van der Waals surface area contributed by atoms with E-state index in [0.717, 1.165) is 6.20 Å². The molecule has 0 aliphatic rings. The van der Waals surface area contributed by atoms with Gasteiger partial charge in [0, 0.05) is 0 Å². The molecular weight excluding hydrogens is 175 g/mol. The van der Waals surface area contributed by atoms with Crippen LogP contribution in [0.25, 0.3) is 0 Å². The Labute approximate surface area is 74.7 Å². The van der Waals surface area contributed by atoms with E-state index in [-0.39, 0.29) is 12.4 Å². The van der Waals surface area contributed by atoms with Crippen molar-refractivity contribution in [3.63, 3.8) is 0 Å². The van der Waals surface area contributed by atoms with Gasteiger partial charge < -0.3 is 4.74 Å². The number of aromatic nitrogens is 1. The molecule has 1 aromatic heterocycles. The topological polar surface area (TPSA) is 51.2 Å². The number of nitrogens with zero attached hydrogens (tertiary/aromatic N) is 1. The third-order valence-electron chi connectivity index (χ3n) is 1.23. The Morgan fingerprint density at radius 3 is 3.00 bits per heavy atom. The molecule has 0 unspecified atom stereocenters. The summed E-state index contributed by atoms with van der Waals surface area (Å²) in [7, 11) is 0. The van der Waals surface area contributed by atoms with E-state index in [4.69, 9.17) is 0 Å². The van der Waals surface area contributed by atoms with Crippen molar-refractivity contribution in [3.8, 4) is 0 Å². The van der Waals surface area contributed by atoms with Gasteiger partial charge in [-0.25, -0.2) is 14.2 Å². The molecule has 1 heterocycles. The lowest BCUT2D eigenvalue weighted by molar-refractivity contribution is 0.168. The summed E-state index contributed by atoms with van der Waals surface area (Å²) in [5, 5.41) is 2.33. The lowest BCUT2D eigenvalue weighted by Gasteiger charge is -2.02. The Bertz CT molecular complexity index is 287. The Morgan fingerprint density at radius 2 is 2.46 bits per heavy atom. The molecule has 1 aromatic rings. The molecule has 13 heavy (non-hydrogen) atoms. The molecule has 4 nitrogen and oxygen atoms in total. The lowest BCUT2D eigenvalue weighted by atomic mass is 10.4. The fraction of sp³-hybridized carbons (Fsp3) is 0.250. The number of pyridine rings is 1. The minimum absolute atomic E-state index is 0.264. The summed E-state index contributed by atoms with van der Waals surface area (Å²) < 4.78 is 17.0. The van der Waals surface area contributed by atoms with E-state index < -0.39 is 11.9 Å². The first-order chi connectivity index (χ1) is 6.22. The molecule has 1 N–H and O–H groups in total. The highest BCUT2D eigenvalue weighted by Gasteiger charge is 2.01. The van der Waals surface area contributed by atoms with Crippen LogP contribution in [0.2, 0.25) is 0 Å². The summed E-state index contributed by atoms with van der Waals surface area (Å²) in [6.07, 6.45) is 0.420. The third kappa shape index (κ3) is 3.06. The van der Waals surface area contributed by atoms with Crippen molar-refractivity contribution in [1.29, 1.82) is 0 Å². The maximum absolute atomic E-state index is 12.4. The van der Waals surface area contributed by atoms with Crippen molar-refractivity contribution < 1.29 is 13.9 Å². The standard InChI is InChI=1S/C8H9FN2O2/c1-2-13-8(12)11-7-4-3-6(9)5-10-7/h3-5H,2H2,1H3,(H,10,11,12). The molecule has 0 aliphatic heterocycles. The van der Waals surface area contributed by atoms with Crippen LogP contribution in [0.3, 0.4) is 0 Å². The van der Waals surface area contributed by atoms with Gasteiger partial charge in [-0.15, -0.1) is 0 Å². The SMILES string of the molecule is CCOC(=O)Nc1ccc(F)cn1. The largest absolute Gasteiger partial charge is 0.450 e. The van der Waals surface area contributed by atoms with Crippen molar-refractivity contribution in [1.82, 2.24) is 4.98 Å². The van der Waals surface area contributed by atoms with Gasteiger partial charge in [0.15, 0.2) is 0 Å². The monoisotopic (exact) mass is 184 g/mol. The van der Waals surface area contributed by atoms with E-state index in [1.54, 1.807) is 6.92 Å². The molecule has 1 rings (SSSR count). The van der Waals surface area contributed by atoms with Crippen molar-refractivity contribution in [3.05, 3.63) is 24.1 Å². The summed E-state index contributed by atoms with van der Waals surface area (Å²) in [6, 6.07) is 2.56. The predicted molar refractivity (Wildman–Crippen MR) is 44.8 cm³/mol. The first kappa shape index (κ1) is 9.44. The number of carbonyl (C=O) groups excluding carboxylic acids is 1. The minimum Gasteiger partial charge on any atom is -0.450 e. The number of halogens is 1. The van der Waals surface area contributed by atoms with E-state index in [0.29, 0.717) is 0 Å². The molecule has 0 saturated heterocycles. The second-order valence-electron chi connectivity index (χ2n) is 2.21. The number of nitrogens with one attached hydrogen (secondary N) is 1. The molecule has 5 heteroatoms. The van der Waals surface area contributed by atoms with Crippen LogP contribution in [0, 0.1) is 5.82 Å². The zero-order valence-electron chi connectivity index (χ0n) is 7.08. The molecular formula is C8H9FN2O2. The molecule has 0 radical (unpaired) electrons. The molecule has 0 atom stereocenters. The van der Waals surface area contributed by atoms with Crippen LogP contribution >= 0.6 is 0 Å². The van der Waals surface area contributed by atoms with Crippen molar-refractivity contribution >= 4 is 11.9 Å². The van der Waals surface area contributed by atoms with E-state index in [9.17, 15) is 9.18 Å². The average Bonchev–Trinajstić information content (AvgIpc) is 2.09. The first-order valence-electron chi connectivity index (χ1n) is 3.77. The quantitative estimate of drug-likeness (QED) is 0.762. The highest BCUT2D eigenvalue weighted by atomic mass is 19.1. The fourth-order valence-corrected chi connectivity index (χ4v) is 0.722. The Morgan fingerprint density at radius 1 is 1.69 bits per heavy atom. The highest BCUT2D eigenvalue weighted by molar-refractivity contribution is 5.83. The van der Waals surface area contributed by atoms with Gasteiger partial charge >= 0.3 is 6.09 Å². The zero-order valence-corrected chi connectivity index (χ0v) is 7.08. The Balaban J connectivity index is 2.54. The second-order valence-corrected chi connectivity index (χ2v) is 2.21.